The van der Waals surface area contributed by atoms with Gasteiger partial charge in [0, 0.05) is 17.5 Å². The molecule has 0 saturated heterocycles. The SMILES string of the molecule is CC/C(=C/CSc1cc(C#N)ccn1)C(=O)OC. The molecule has 1 rings (SSSR count). The predicted octanol–water partition coefficient (Wildman–Crippen LogP) is 2.55. The highest BCUT2D eigenvalue weighted by molar-refractivity contribution is 7.99. The van der Waals surface area contributed by atoms with E-state index in [0.29, 0.717) is 23.3 Å². The second kappa shape index (κ2) is 7.51. The van der Waals surface area contributed by atoms with E-state index in [9.17, 15) is 4.79 Å². The molecule has 0 aliphatic carbocycles. The monoisotopic (exact) mass is 262 g/mol. The maximum absolute atomic E-state index is 11.3. The van der Waals surface area contributed by atoms with Crippen LogP contribution in [0.2, 0.25) is 0 Å². The van der Waals surface area contributed by atoms with Crippen molar-refractivity contribution in [2.75, 3.05) is 12.9 Å². The Hall–Kier alpha value is -1.80. The Balaban J connectivity index is 2.62. The van der Waals surface area contributed by atoms with E-state index in [2.05, 4.69) is 15.8 Å². The average molecular weight is 262 g/mol. The first-order valence-corrected chi connectivity index (χ1v) is 6.46. The highest BCUT2D eigenvalue weighted by atomic mass is 32.2. The lowest BCUT2D eigenvalue weighted by Gasteiger charge is -2.02. The summed E-state index contributed by atoms with van der Waals surface area (Å²) in [6.45, 7) is 1.90. The number of nitrogens with zero attached hydrogens (tertiary/aromatic N) is 2. The molecule has 0 N–H and O–H groups in total. The normalized spacial score (nSPS) is 10.8. The van der Waals surface area contributed by atoms with E-state index in [0.717, 1.165) is 5.03 Å². The van der Waals surface area contributed by atoms with Crippen LogP contribution < -0.4 is 0 Å². The lowest BCUT2D eigenvalue weighted by Crippen LogP contribution is -2.04. The molecule has 0 bridgehead atoms. The minimum atomic E-state index is -0.295. The number of thioether (sulfide) groups is 1. The molecule has 1 heterocycles. The van der Waals surface area contributed by atoms with Crippen LogP contribution in [0.5, 0.6) is 0 Å². The molecule has 1 aromatic heterocycles. The molecule has 0 amide bonds. The van der Waals surface area contributed by atoms with Gasteiger partial charge in [0.25, 0.3) is 0 Å². The third-order valence-corrected chi connectivity index (χ3v) is 3.11. The maximum atomic E-state index is 11.3. The Bertz CT molecular complexity index is 492. The van der Waals surface area contributed by atoms with Gasteiger partial charge in [0.15, 0.2) is 0 Å². The van der Waals surface area contributed by atoms with Crippen molar-refractivity contribution in [2.24, 2.45) is 0 Å². The van der Waals surface area contributed by atoms with Crippen molar-refractivity contribution in [3.63, 3.8) is 0 Å². The molecule has 0 spiro atoms. The Morgan fingerprint density at radius 1 is 1.67 bits per heavy atom. The van der Waals surface area contributed by atoms with Gasteiger partial charge in [0.2, 0.25) is 0 Å². The zero-order chi connectivity index (χ0) is 13.4. The minimum absolute atomic E-state index is 0.295. The van der Waals surface area contributed by atoms with E-state index in [1.165, 1.54) is 18.9 Å². The number of carbonyl (C=O) groups is 1. The Labute approximate surface area is 111 Å². The van der Waals surface area contributed by atoms with Crippen LogP contribution in [0.4, 0.5) is 0 Å². The van der Waals surface area contributed by atoms with E-state index >= 15 is 0 Å². The zero-order valence-corrected chi connectivity index (χ0v) is 11.2. The van der Waals surface area contributed by atoms with Crippen molar-refractivity contribution in [1.29, 1.82) is 5.26 Å². The Morgan fingerprint density at radius 2 is 2.44 bits per heavy atom. The van der Waals surface area contributed by atoms with Crippen LogP contribution in [0.15, 0.2) is 35.0 Å². The number of nitriles is 1. The van der Waals surface area contributed by atoms with Gasteiger partial charge < -0.3 is 4.74 Å². The average Bonchev–Trinajstić information content (AvgIpc) is 2.43. The van der Waals surface area contributed by atoms with Gasteiger partial charge in [-0.1, -0.05) is 13.0 Å². The van der Waals surface area contributed by atoms with E-state index in [4.69, 9.17) is 5.26 Å². The molecule has 0 aliphatic heterocycles. The Kier molecular flexibility index (Phi) is 5.95. The lowest BCUT2D eigenvalue weighted by molar-refractivity contribution is -0.136. The van der Waals surface area contributed by atoms with Gasteiger partial charge in [0.05, 0.1) is 23.8 Å². The highest BCUT2D eigenvalue weighted by Gasteiger charge is 2.06. The molecular formula is C13H14N2O2S. The van der Waals surface area contributed by atoms with Crippen LogP contribution in [-0.2, 0) is 9.53 Å². The molecule has 0 radical (unpaired) electrons. The summed E-state index contributed by atoms with van der Waals surface area (Å²) >= 11 is 1.48. The molecule has 0 fully saturated rings. The van der Waals surface area contributed by atoms with Crippen molar-refractivity contribution in [3.8, 4) is 6.07 Å². The summed E-state index contributed by atoms with van der Waals surface area (Å²) in [5, 5.41) is 9.53. The van der Waals surface area contributed by atoms with E-state index in [1.807, 2.05) is 13.0 Å². The zero-order valence-electron chi connectivity index (χ0n) is 10.3. The van der Waals surface area contributed by atoms with Crippen LogP contribution in [0.25, 0.3) is 0 Å². The molecule has 18 heavy (non-hydrogen) atoms. The molecule has 0 aromatic carbocycles. The summed E-state index contributed by atoms with van der Waals surface area (Å²) in [4.78, 5) is 15.5. The first-order chi connectivity index (χ1) is 8.71. The standard InChI is InChI=1S/C13H14N2O2S/c1-3-11(13(16)17-2)5-7-18-12-8-10(9-14)4-6-15-12/h4-6,8H,3,7H2,1-2H3/b11-5-. The fourth-order valence-corrected chi connectivity index (χ4v) is 2.09. The fraction of sp³-hybridized carbons (Fsp3) is 0.308. The number of hydrogen-bond donors (Lipinski definition) is 0. The van der Waals surface area contributed by atoms with Gasteiger partial charge >= 0.3 is 5.97 Å². The molecule has 5 heteroatoms. The van der Waals surface area contributed by atoms with Gasteiger partial charge in [-0.3, -0.25) is 0 Å². The van der Waals surface area contributed by atoms with Crippen LogP contribution in [0.3, 0.4) is 0 Å². The molecule has 1 aromatic rings. The topological polar surface area (TPSA) is 63.0 Å². The fourth-order valence-electron chi connectivity index (χ4n) is 1.29. The first kappa shape index (κ1) is 14.3. The van der Waals surface area contributed by atoms with Crippen molar-refractivity contribution in [1.82, 2.24) is 4.98 Å². The smallest absolute Gasteiger partial charge is 0.333 e. The largest absolute Gasteiger partial charge is 0.466 e. The predicted molar refractivity (Wildman–Crippen MR) is 70.1 cm³/mol. The molecule has 0 aliphatic rings. The number of hydrogen-bond acceptors (Lipinski definition) is 5. The van der Waals surface area contributed by atoms with Crippen LogP contribution in [0.1, 0.15) is 18.9 Å². The van der Waals surface area contributed by atoms with Crippen molar-refractivity contribution < 1.29 is 9.53 Å². The number of ether oxygens (including phenoxy) is 1. The van der Waals surface area contributed by atoms with Crippen LogP contribution in [-0.4, -0.2) is 23.8 Å². The van der Waals surface area contributed by atoms with Crippen LogP contribution in [0, 0.1) is 11.3 Å². The molecular weight excluding hydrogens is 248 g/mol. The number of rotatable bonds is 5. The minimum Gasteiger partial charge on any atom is -0.466 e. The molecule has 94 valence electrons. The van der Waals surface area contributed by atoms with Crippen molar-refractivity contribution >= 4 is 17.7 Å². The second-order valence-corrected chi connectivity index (χ2v) is 4.42. The number of pyridine rings is 1. The third kappa shape index (κ3) is 4.22. The first-order valence-electron chi connectivity index (χ1n) is 5.47. The van der Waals surface area contributed by atoms with E-state index in [-0.39, 0.29) is 5.97 Å². The molecule has 0 unspecified atom stereocenters. The number of esters is 1. The Morgan fingerprint density at radius 3 is 3.06 bits per heavy atom. The third-order valence-electron chi connectivity index (χ3n) is 2.25. The van der Waals surface area contributed by atoms with E-state index in [1.54, 1.807) is 18.3 Å². The van der Waals surface area contributed by atoms with Crippen molar-refractivity contribution in [3.05, 3.63) is 35.5 Å². The summed E-state index contributed by atoms with van der Waals surface area (Å²) in [6.07, 6.45) is 4.07. The van der Waals surface area contributed by atoms with Crippen LogP contribution >= 0.6 is 11.8 Å². The van der Waals surface area contributed by atoms with Gasteiger partial charge in [-0.2, -0.15) is 5.26 Å². The van der Waals surface area contributed by atoms with Gasteiger partial charge in [-0.25, -0.2) is 9.78 Å². The van der Waals surface area contributed by atoms with Gasteiger partial charge in [-0.05, 0) is 18.6 Å². The summed E-state index contributed by atoms with van der Waals surface area (Å²) in [5.74, 6) is 0.331. The molecule has 4 nitrogen and oxygen atoms in total. The molecule has 0 atom stereocenters. The second-order valence-electron chi connectivity index (χ2n) is 3.38. The summed E-state index contributed by atoms with van der Waals surface area (Å²) < 4.78 is 4.67. The summed E-state index contributed by atoms with van der Waals surface area (Å²) in [5.41, 5.74) is 1.24. The lowest BCUT2D eigenvalue weighted by atomic mass is 10.2. The number of methoxy groups -OCH3 is 1. The summed E-state index contributed by atoms with van der Waals surface area (Å²) in [6, 6.07) is 5.45. The number of carbonyl (C=O) groups excluding carboxylic acids is 1. The highest BCUT2D eigenvalue weighted by Crippen LogP contribution is 2.17. The van der Waals surface area contributed by atoms with Gasteiger partial charge in [0.1, 0.15) is 0 Å². The maximum Gasteiger partial charge on any atom is 0.333 e. The number of aromatic nitrogens is 1. The van der Waals surface area contributed by atoms with E-state index < -0.39 is 0 Å². The van der Waals surface area contributed by atoms with Crippen molar-refractivity contribution in [2.45, 2.75) is 18.4 Å². The summed E-state index contributed by atoms with van der Waals surface area (Å²) in [7, 11) is 1.37. The quantitative estimate of drug-likeness (QED) is 0.463. The van der Waals surface area contributed by atoms with Gasteiger partial charge in [-0.15, -0.1) is 11.8 Å². The molecule has 0 saturated carbocycles.